The Labute approximate surface area is 166 Å². The maximum absolute atomic E-state index is 12.6. The van der Waals surface area contributed by atoms with Gasteiger partial charge >= 0.3 is 11.8 Å². The molecular weight excluding hydrogens is 356 g/mol. The van der Waals surface area contributed by atoms with E-state index in [2.05, 4.69) is 19.2 Å². The number of anilines is 1. The molecule has 0 spiro atoms. The SMILES string of the molecule is CCCCN(CCCC)C(=O)C(=O)Nc1ccccc1Sc1ccccc1. The first-order chi connectivity index (χ1) is 13.2. The molecule has 0 saturated heterocycles. The number of nitrogens with one attached hydrogen (secondary N) is 1. The molecule has 0 atom stereocenters. The number of nitrogens with zero attached hydrogens (tertiary/aromatic N) is 1. The van der Waals surface area contributed by atoms with Gasteiger partial charge in [0.15, 0.2) is 0 Å². The minimum atomic E-state index is -0.566. The van der Waals surface area contributed by atoms with Gasteiger partial charge in [-0.2, -0.15) is 0 Å². The van der Waals surface area contributed by atoms with Crippen molar-refractivity contribution in [3.05, 3.63) is 54.6 Å². The van der Waals surface area contributed by atoms with Gasteiger partial charge in [0.25, 0.3) is 0 Å². The third-order valence-corrected chi connectivity index (χ3v) is 5.23. The Bertz CT molecular complexity index is 726. The van der Waals surface area contributed by atoms with E-state index >= 15 is 0 Å². The van der Waals surface area contributed by atoms with Crippen molar-refractivity contribution >= 4 is 29.3 Å². The molecule has 1 N–H and O–H groups in total. The standard InChI is InChI=1S/C22H28N2O2S/c1-3-5-16-24(17-6-4-2)22(26)21(25)23-19-14-10-11-15-20(19)27-18-12-8-7-9-13-18/h7-15H,3-6,16-17H2,1-2H3,(H,23,25). The van der Waals surface area contributed by atoms with Crippen molar-refractivity contribution in [2.45, 2.75) is 49.3 Å². The van der Waals surface area contributed by atoms with Gasteiger partial charge in [-0.05, 0) is 37.1 Å². The largest absolute Gasteiger partial charge is 0.334 e. The highest BCUT2D eigenvalue weighted by Gasteiger charge is 2.22. The van der Waals surface area contributed by atoms with E-state index in [1.165, 1.54) is 0 Å². The van der Waals surface area contributed by atoms with Crippen molar-refractivity contribution in [2.75, 3.05) is 18.4 Å². The van der Waals surface area contributed by atoms with Crippen LogP contribution in [0.3, 0.4) is 0 Å². The molecule has 0 aliphatic rings. The molecular formula is C22H28N2O2S. The number of para-hydroxylation sites is 1. The molecule has 0 aliphatic carbocycles. The van der Waals surface area contributed by atoms with E-state index in [0.717, 1.165) is 35.5 Å². The molecule has 4 nitrogen and oxygen atoms in total. The highest BCUT2D eigenvalue weighted by molar-refractivity contribution is 7.99. The van der Waals surface area contributed by atoms with Crippen molar-refractivity contribution in [1.29, 1.82) is 0 Å². The van der Waals surface area contributed by atoms with Gasteiger partial charge in [-0.1, -0.05) is 68.8 Å². The number of amides is 2. The summed E-state index contributed by atoms with van der Waals surface area (Å²) in [4.78, 5) is 28.9. The first-order valence-electron chi connectivity index (χ1n) is 9.57. The maximum atomic E-state index is 12.6. The first kappa shape index (κ1) is 21.0. The van der Waals surface area contributed by atoms with Crippen molar-refractivity contribution in [2.24, 2.45) is 0 Å². The van der Waals surface area contributed by atoms with Crippen molar-refractivity contribution in [3.8, 4) is 0 Å². The van der Waals surface area contributed by atoms with E-state index in [9.17, 15) is 9.59 Å². The third kappa shape index (κ3) is 6.75. The Balaban J connectivity index is 2.08. The average Bonchev–Trinajstić information content (AvgIpc) is 2.70. The van der Waals surface area contributed by atoms with E-state index in [4.69, 9.17) is 0 Å². The monoisotopic (exact) mass is 384 g/mol. The molecule has 0 aromatic heterocycles. The summed E-state index contributed by atoms with van der Waals surface area (Å²) in [5.74, 6) is -1.01. The molecule has 2 rings (SSSR count). The van der Waals surface area contributed by atoms with Gasteiger partial charge < -0.3 is 10.2 Å². The lowest BCUT2D eigenvalue weighted by atomic mass is 10.2. The summed E-state index contributed by atoms with van der Waals surface area (Å²) >= 11 is 1.56. The Kier molecular flexibility index (Phi) is 8.92. The van der Waals surface area contributed by atoms with E-state index in [1.54, 1.807) is 16.7 Å². The Morgan fingerprint density at radius 1 is 0.889 bits per heavy atom. The zero-order chi connectivity index (χ0) is 19.5. The van der Waals surface area contributed by atoms with Crippen LogP contribution in [-0.2, 0) is 9.59 Å². The quantitative estimate of drug-likeness (QED) is 0.604. The molecule has 0 radical (unpaired) electrons. The minimum absolute atomic E-state index is 0.448. The lowest BCUT2D eigenvalue weighted by Crippen LogP contribution is -2.40. The van der Waals surface area contributed by atoms with Gasteiger partial charge in [0.1, 0.15) is 0 Å². The van der Waals surface area contributed by atoms with Crippen LogP contribution in [0.4, 0.5) is 5.69 Å². The van der Waals surface area contributed by atoms with Crippen LogP contribution < -0.4 is 5.32 Å². The summed E-state index contributed by atoms with van der Waals surface area (Å²) in [7, 11) is 0. The molecule has 5 heteroatoms. The van der Waals surface area contributed by atoms with Crippen LogP contribution >= 0.6 is 11.8 Å². The molecule has 2 aromatic rings. The Morgan fingerprint density at radius 3 is 2.11 bits per heavy atom. The number of unbranched alkanes of at least 4 members (excludes halogenated alkanes) is 2. The van der Waals surface area contributed by atoms with Crippen LogP contribution in [-0.4, -0.2) is 29.8 Å². The van der Waals surface area contributed by atoms with Gasteiger partial charge in [0.2, 0.25) is 0 Å². The average molecular weight is 385 g/mol. The van der Waals surface area contributed by atoms with Crippen LogP contribution in [0, 0.1) is 0 Å². The summed E-state index contributed by atoms with van der Waals surface area (Å²) in [6.07, 6.45) is 3.80. The lowest BCUT2D eigenvalue weighted by Gasteiger charge is -2.22. The van der Waals surface area contributed by atoms with Gasteiger partial charge in [-0.25, -0.2) is 0 Å². The van der Waals surface area contributed by atoms with Crippen LogP contribution in [0.5, 0.6) is 0 Å². The zero-order valence-corrected chi connectivity index (χ0v) is 16.9. The lowest BCUT2D eigenvalue weighted by molar-refractivity contribution is -0.143. The van der Waals surface area contributed by atoms with E-state index < -0.39 is 11.8 Å². The summed E-state index contributed by atoms with van der Waals surface area (Å²) in [5, 5.41) is 2.81. The number of hydrogen-bond donors (Lipinski definition) is 1. The number of carbonyl (C=O) groups is 2. The summed E-state index contributed by atoms with van der Waals surface area (Å²) in [6, 6.07) is 17.5. The molecule has 0 unspecified atom stereocenters. The van der Waals surface area contributed by atoms with Crippen molar-refractivity contribution in [3.63, 3.8) is 0 Å². The normalized spacial score (nSPS) is 10.4. The zero-order valence-electron chi connectivity index (χ0n) is 16.1. The molecule has 0 bridgehead atoms. The Morgan fingerprint density at radius 2 is 1.48 bits per heavy atom. The molecule has 0 heterocycles. The minimum Gasteiger partial charge on any atom is -0.334 e. The number of rotatable bonds is 9. The van der Waals surface area contributed by atoms with E-state index in [-0.39, 0.29) is 0 Å². The predicted octanol–water partition coefficient (Wildman–Crippen LogP) is 5.21. The van der Waals surface area contributed by atoms with Gasteiger partial charge in [0.05, 0.1) is 5.69 Å². The highest BCUT2D eigenvalue weighted by Crippen LogP contribution is 2.33. The van der Waals surface area contributed by atoms with Crippen LogP contribution in [0.1, 0.15) is 39.5 Å². The van der Waals surface area contributed by atoms with Gasteiger partial charge in [0, 0.05) is 22.9 Å². The van der Waals surface area contributed by atoms with Crippen LogP contribution in [0.2, 0.25) is 0 Å². The summed E-state index contributed by atoms with van der Waals surface area (Å²) in [6.45, 7) is 5.42. The summed E-state index contributed by atoms with van der Waals surface area (Å²) < 4.78 is 0. The molecule has 27 heavy (non-hydrogen) atoms. The fourth-order valence-corrected chi connectivity index (χ4v) is 3.53. The molecule has 0 saturated carbocycles. The topological polar surface area (TPSA) is 49.4 Å². The number of hydrogen-bond acceptors (Lipinski definition) is 3. The fraction of sp³-hybridized carbons (Fsp3) is 0.364. The van der Waals surface area contributed by atoms with Crippen LogP contribution in [0.25, 0.3) is 0 Å². The Hall–Kier alpha value is -2.27. The third-order valence-electron chi connectivity index (χ3n) is 4.15. The van der Waals surface area contributed by atoms with Gasteiger partial charge in [-0.3, -0.25) is 9.59 Å². The van der Waals surface area contributed by atoms with Crippen molar-refractivity contribution < 1.29 is 9.59 Å². The fourth-order valence-electron chi connectivity index (χ4n) is 2.61. The maximum Gasteiger partial charge on any atom is 0.313 e. The number of carbonyl (C=O) groups excluding carboxylic acids is 2. The predicted molar refractivity (Wildman–Crippen MR) is 112 cm³/mol. The molecule has 144 valence electrons. The second kappa shape index (κ2) is 11.4. The molecule has 2 aromatic carbocycles. The highest BCUT2D eigenvalue weighted by atomic mass is 32.2. The molecule has 0 aliphatic heterocycles. The first-order valence-corrected chi connectivity index (χ1v) is 10.4. The number of benzene rings is 2. The van der Waals surface area contributed by atoms with Gasteiger partial charge in [-0.15, -0.1) is 0 Å². The molecule has 0 fully saturated rings. The van der Waals surface area contributed by atoms with E-state index in [0.29, 0.717) is 18.8 Å². The van der Waals surface area contributed by atoms with Crippen LogP contribution in [0.15, 0.2) is 64.4 Å². The molecule has 2 amide bonds. The summed E-state index contributed by atoms with van der Waals surface area (Å²) in [5.41, 5.74) is 0.663. The second-order valence-electron chi connectivity index (χ2n) is 6.36. The second-order valence-corrected chi connectivity index (χ2v) is 7.48. The smallest absolute Gasteiger partial charge is 0.313 e. The van der Waals surface area contributed by atoms with Crippen molar-refractivity contribution in [1.82, 2.24) is 4.90 Å². The van der Waals surface area contributed by atoms with E-state index in [1.807, 2.05) is 54.6 Å².